The zero-order valence-corrected chi connectivity index (χ0v) is 11.4. The average Bonchev–Trinajstić information content (AvgIpc) is 2.89. The van der Waals surface area contributed by atoms with Crippen LogP contribution in [0.1, 0.15) is 19.3 Å². The summed E-state index contributed by atoms with van der Waals surface area (Å²) in [6.07, 6.45) is 2.92. The fourth-order valence-electron chi connectivity index (χ4n) is 2.44. The van der Waals surface area contributed by atoms with Gasteiger partial charge in [-0.25, -0.2) is 13.4 Å². The van der Waals surface area contributed by atoms with Gasteiger partial charge in [-0.3, -0.25) is 9.10 Å². The first-order chi connectivity index (χ1) is 8.94. The molecule has 1 aromatic heterocycles. The summed E-state index contributed by atoms with van der Waals surface area (Å²) < 4.78 is 26.0. The summed E-state index contributed by atoms with van der Waals surface area (Å²) in [6, 6.07) is 4.97. The van der Waals surface area contributed by atoms with Gasteiger partial charge in [0.1, 0.15) is 5.82 Å². The van der Waals surface area contributed by atoms with E-state index in [0.29, 0.717) is 25.1 Å². The number of anilines is 1. The summed E-state index contributed by atoms with van der Waals surface area (Å²) in [7, 11) is -2.28. The first-order valence-corrected chi connectivity index (χ1v) is 7.56. The van der Waals surface area contributed by atoms with Crippen molar-refractivity contribution < 1.29 is 18.3 Å². The molecule has 1 aromatic rings. The Bertz CT molecular complexity index is 558. The molecule has 1 aliphatic rings. The highest BCUT2D eigenvalue weighted by molar-refractivity contribution is 7.93. The lowest BCUT2D eigenvalue weighted by Gasteiger charge is -2.24. The van der Waals surface area contributed by atoms with Gasteiger partial charge in [0.05, 0.1) is 11.2 Å². The number of carboxylic acid groups (broad SMARTS) is 1. The molecule has 6 nitrogen and oxygen atoms in total. The van der Waals surface area contributed by atoms with Crippen molar-refractivity contribution in [3.05, 3.63) is 24.4 Å². The Hall–Kier alpha value is -1.63. The summed E-state index contributed by atoms with van der Waals surface area (Å²) in [5.74, 6) is -1.56. The van der Waals surface area contributed by atoms with E-state index in [-0.39, 0.29) is 0 Å². The SMILES string of the molecule is CN(c1ccccn1)S(=O)(=O)C1CCCC1C(=O)O. The number of carboxylic acids is 1. The molecule has 0 amide bonds. The predicted octanol–water partition coefficient (Wildman–Crippen LogP) is 1.10. The molecular formula is C12H16N2O4S. The summed E-state index contributed by atoms with van der Waals surface area (Å²) in [5.41, 5.74) is 0. The maximum atomic E-state index is 12.5. The topological polar surface area (TPSA) is 87.6 Å². The number of pyridine rings is 1. The fourth-order valence-corrected chi connectivity index (χ4v) is 4.35. The van der Waals surface area contributed by atoms with E-state index in [2.05, 4.69) is 4.98 Å². The van der Waals surface area contributed by atoms with Gasteiger partial charge in [-0.2, -0.15) is 0 Å². The van der Waals surface area contributed by atoms with E-state index in [1.807, 2.05) is 0 Å². The van der Waals surface area contributed by atoms with Crippen molar-refractivity contribution in [1.82, 2.24) is 4.98 Å². The number of nitrogens with zero attached hydrogens (tertiary/aromatic N) is 2. The highest BCUT2D eigenvalue weighted by Gasteiger charge is 2.43. The molecule has 2 unspecified atom stereocenters. The minimum Gasteiger partial charge on any atom is -0.481 e. The fraction of sp³-hybridized carbons (Fsp3) is 0.500. The van der Waals surface area contributed by atoms with Gasteiger partial charge in [0, 0.05) is 13.2 Å². The van der Waals surface area contributed by atoms with E-state index < -0.39 is 27.2 Å². The van der Waals surface area contributed by atoms with Gasteiger partial charge in [-0.05, 0) is 25.0 Å². The molecule has 1 heterocycles. The molecule has 0 spiro atoms. The third-order valence-corrected chi connectivity index (χ3v) is 5.79. The average molecular weight is 284 g/mol. The Kier molecular flexibility index (Phi) is 3.75. The van der Waals surface area contributed by atoms with Crippen LogP contribution in [0.2, 0.25) is 0 Å². The third-order valence-electron chi connectivity index (χ3n) is 3.51. The summed E-state index contributed by atoms with van der Waals surface area (Å²) in [4.78, 5) is 15.1. The van der Waals surface area contributed by atoms with E-state index in [0.717, 1.165) is 4.31 Å². The maximum absolute atomic E-state index is 12.5. The van der Waals surface area contributed by atoms with Crippen molar-refractivity contribution >= 4 is 21.8 Å². The second-order valence-corrected chi connectivity index (χ2v) is 6.80. The van der Waals surface area contributed by atoms with Gasteiger partial charge in [0.15, 0.2) is 0 Å². The van der Waals surface area contributed by atoms with Crippen molar-refractivity contribution in [2.75, 3.05) is 11.4 Å². The molecule has 7 heteroatoms. The van der Waals surface area contributed by atoms with Crippen LogP contribution in [0.25, 0.3) is 0 Å². The minimum absolute atomic E-state index is 0.304. The smallest absolute Gasteiger partial charge is 0.307 e. The number of sulfonamides is 1. The van der Waals surface area contributed by atoms with Gasteiger partial charge < -0.3 is 5.11 Å². The highest BCUT2D eigenvalue weighted by atomic mass is 32.2. The molecule has 2 atom stereocenters. The zero-order valence-electron chi connectivity index (χ0n) is 10.6. The first-order valence-electron chi connectivity index (χ1n) is 6.06. The van der Waals surface area contributed by atoms with Crippen molar-refractivity contribution in [3.8, 4) is 0 Å². The van der Waals surface area contributed by atoms with Crippen LogP contribution >= 0.6 is 0 Å². The van der Waals surface area contributed by atoms with Gasteiger partial charge in [-0.15, -0.1) is 0 Å². The van der Waals surface area contributed by atoms with E-state index in [1.54, 1.807) is 18.2 Å². The largest absolute Gasteiger partial charge is 0.481 e. The lowest BCUT2D eigenvalue weighted by molar-refractivity contribution is -0.141. The zero-order chi connectivity index (χ0) is 14.0. The molecule has 19 heavy (non-hydrogen) atoms. The van der Waals surface area contributed by atoms with Gasteiger partial charge >= 0.3 is 5.97 Å². The Morgan fingerprint density at radius 1 is 1.42 bits per heavy atom. The Balaban J connectivity index is 2.30. The number of rotatable bonds is 4. The van der Waals surface area contributed by atoms with E-state index >= 15 is 0 Å². The molecule has 104 valence electrons. The Labute approximate surface area is 112 Å². The van der Waals surface area contributed by atoms with Crippen LogP contribution in [0, 0.1) is 5.92 Å². The van der Waals surface area contributed by atoms with Crippen LogP contribution in [0.3, 0.4) is 0 Å². The molecule has 0 aliphatic heterocycles. The summed E-state index contributed by atoms with van der Waals surface area (Å²) >= 11 is 0. The predicted molar refractivity (Wildman–Crippen MR) is 70.3 cm³/mol. The van der Waals surface area contributed by atoms with E-state index in [1.165, 1.54) is 13.2 Å². The number of carbonyl (C=O) groups is 1. The van der Waals surface area contributed by atoms with Gasteiger partial charge in [0.2, 0.25) is 10.0 Å². The first kappa shape index (κ1) is 13.8. The van der Waals surface area contributed by atoms with Crippen LogP contribution in [0.5, 0.6) is 0 Å². The number of hydrogen-bond donors (Lipinski definition) is 1. The molecule has 0 radical (unpaired) electrons. The Morgan fingerprint density at radius 3 is 2.74 bits per heavy atom. The molecule has 0 saturated heterocycles. The molecule has 1 aliphatic carbocycles. The summed E-state index contributed by atoms with van der Waals surface area (Å²) in [5, 5.41) is 8.24. The minimum atomic E-state index is -3.70. The lowest BCUT2D eigenvalue weighted by Crippen LogP contribution is -2.40. The molecular weight excluding hydrogens is 268 g/mol. The van der Waals surface area contributed by atoms with Gasteiger partial charge in [0.25, 0.3) is 0 Å². The molecule has 1 saturated carbocycles. The molecule has 2 rings (SSSR count). The van der Waals surface area contributed by atoms with Crippen molar-refractivity contribution in [1.29, 1.82) is 0 Å². The van der Waals surface area contributed by atoms with E-state index in [9.17, 15) is 13.2 Å². The monoisotopic (exact) mass is 284 g/mol. The molecule has 0 aromatic carbocycles. The molecule has 1 N–H and O–H groups in total. The van der Waals surface area contributed by atoms with Crippen LogP contribution < -0.4 is 4.31 Å². The lowest BCUT2D eigenvalue weighted by atomic mass is 10.1. The maximum Gasteiger partial charge on any atom is 0.307 e. The van der Waals surface area contributed by atoms with Crippen LogP contribution in [0.4, 0.5) is 5.82 Å². The highest BCUT2D eigenvalue weighted by Crippen LogP contribution is 2.33. The number of hydrogen-bond acceptors (Lipinski definition) is 4. The van der Waals surface area contributed by atoms with Crippen LogP contribution in [-0.2, 0) is 14.8 Å². The molecule has 0 bridgehead atoms. The van der Waals surface area contributed by atoms with Gasteiger partial charge in [-0.1, -0.05) is 12.5 Å². The van der Waals surface area contributed by atoms with Crippen molar-refractivity contribution in [3.63, 3.8) is 0 Å². The van der Waals surface area contributed by atoms with Crippen LogP contribution in [-0.4, -0.2) is 36.8 Å². The number of aromatic nitrogens is 1. The Morgan fingerprint density at radius 2 is 2.16 bits per heavy atom. The normalized spacial score (nSPS) is 23.2. The number of aliphatic carboxylic acids is 1. The van der Waals surface area contributed by atoms with Crippen molar-refractivity contribution in [2.24, 2.45) is 5.92 Å². The third kappa shape index (κ3) is 2.56. The standard InChI is InChI=1S/C12H16N2O4S/c1-14(11-7-2-3-8-13-11)19(17,18)10-6-4-5-9(10)12(15)16/h2-3,7-10H,4-6H2,1H3,(H,15,16). The second-order valence-electron chi connectivity index (χ2n) is 4.61. The quantitative estimate of drug-likeness (QED) is 0.894. The van der Waals surface area contributed by atoms with Crippen molar-refractivity contribution in [2.45, 2.75) is 24.5 Å². The van der Waals surface area contributed by atoms with Crippen LogP contribution in [0.15, 0.2) is 24.4 Å². The summed E-state index contributed by atoms with van der Waals surface area (Å²) in [6.45, 7) is 0. The molecule has 1 fully saturated rings. The van der Waals surface area contributed by atoms with E-state index in [4.69, 9.17) is 5.11 Å². The second kappa shape index (κ2) is 5.16.